The van der Waals surface area contributed by atoms with Crippen molar-refractivity contribution in [2.75, 3.05) is 6.61 Å². The molecule has 4 nitrogen and oxygen atoms in total. The Labute approximate surface area is 96.6 Å². The van der Waals surface area contributed by atoms with Crippen molar-refractivity contribution in [3.05, 3.63) is 0 Å². The highest BCUT2D eigenvalue weighted by atomic mass is 16.7. The molecule has 1 saturated carbocycles. The molecule has 0 aromatic rings. The highest BCUT2D eigenvalue weighted by molar-refractivity contribution is 5.74. The summed E-state index contributed by atoms with van der Waals surface area (Å²) < 4.78 is 5.46. The van der Waals surface area contributed by atoms with Gasteiger partial charge < -0.3 is 4.74 Å². The molecule has 2 rings (SSSR count). The SMILES string of the molecule is O=C(CCC1CCCO1)NOC1CCCC1. The van der Waals surface area contributed by atoms with Crippen LogP contribution in [0.15, 0.2) is 0 Å². The highest BCUT2D eigenvalue weighted by Gasteiger charge is 2.19. The van der Waals surface area contributed by atoms with Crippen LogP contribution in [0.5, 0.6) is 0 Å². The molecule has 4 heteroatoms. The normalized spacial score (nSPS) is 26.1. The van der Waals surface area contributed by atoms with E-state index in [0.29, 0.717) is 6.42 Å². The molecule has 1 saturated heterocycles. The van der Waals surface area contributed by atoms with Gasteiger partial charge in [-0.25, -0.2) is 5.48 Å². The number of nitrogens with one attached hydrogen (secondary N) is 1. The predicted molar refractivity (Wildman–Crippen MR) is 59.7 cm³/mol. The van der Waals surface area contributed by atoms with E-state index in [-0.39, 0.29) is 18.1 Å². The van der Waals surface area contributed by atoms with Crippen LogP contribution in [0.2, 0.25) is 0 Å². The van der Waals surface area contributed by atoms with Gasteiger partial charge >= 0.3 is 0 Å². The van der Waals surface area contributed by atoms with Gasteiger partial charge in [0.05, 0.1) is 12.2 Å². The van der Waals surface area contributed by atoms with Gasteiger partial charge in [0.25, 0.3) is 0 Å². The third-order valence-electron chi connectivity index (χ3n) is 3.36. The Kier molecular flexibility index (Phi) is 4.60. The summed E-state index contributed by atoms with van der Waals surface area (Å²) >= 11 is 0. The van der Waals surface area contributed by atoms with Crippen molar-refractivity contribution in [2.45, 2.75) is 63.6 Å². The van der Waals surface area contributed by atoms with E-state index >= 15 is 0 Å². The highest BCUT2D eigenvalue weighted by Crippen LogP contribution is 2.20. The van der Waals surface area contributed by atoms with Crippen LogP contribution < -0.4 is 5.48 Å². The number of rotatable bonds is 5. The second-order valence-electron chi connectivity index (χ2n) is 4.72. The van der Waals surface area contributed by atoms with Crippen LogP contribution in [-0.2, 0) is 14.4 Å². The zero-order valence-corrected chi connectivity index (χ0v) is 9.74. The van der Waals surface area contributed by atoms with Gasteiger partial charge in [0, 0.05) is 13.0 Å². The van der Waals surface area contributed by atoms with Crippen LogP contribution in [0.4, 0.5) is 0 Å². The number of carbonyl (C=O) groups excluding carboxylic acids is 1. The minimum absolute atomic E-state index is 0.0117. The molecule has 0 bridgehead atoms. The number of carbonyl (C=O) groups is 1. The fourth-order valence-electron chi connectivity index (χ4n) is 2.37. The minimum Gasteiger partial charge on any atom is -0.378 e. The Hall–Kier alpha value is -0.610. The van der Waals surface area contributed by atoms with Crippen molar-refractivity contribution in [1.82, 2.24) is 5.48 Å². The third-order valence-corrected chi connectivity index (χ3v) is 3.36. The number of hydrogen-bond donors (Lipinski definition) is 1. The molecule has 1 N–H and O–H groups in total. The maximum absolute atomic E-state index is 11.5. The van der Waals surface area contributed by atoms with Crippen molar-refractivity contribution in [3.63, 3.8) is 0 Å². The molecule has 0 aromatic carbocycles. The molecule has 1 unspecified atom stereocenters. The Balaban J connectivity index is 1.53. The number of hydrogen-bond acceptors (Lipinski definition) is 3. The summed E-state index contributed by atoms with van der Waals surface area (Å²) in [5.41, 5.74) is 2.55. The van der Waals surface area contributed by atoms with Crippen LogP contribution in [0.1, 0.15) is 51.4 Å². The maximum Gasteiger partial charge on any atom is 0.243 e. The Morgan fingerprint density at radius 2 is 2.06 bits per heavy atom. The molecule has 1 aliphatic carbocycles. The quantitative estimate of drug-likeness (QED) is 0.730. The molecule has 2 fully saturated rings. The summed E-state index contributed by atoms with van der Waals surface area (Å²) in [5, 5.41) is 0. The van der Waals surface area contributed by atoms with Crippen LogP contribution in [0, 0.1) is 0 Å². The van der Waals surface area contributed by atoms with Gasteiger partial charge in [-0.3, -0.25) is 9.63 Å². The molecule has 1 amide bonds. The predicted octanol–water partition coefficient (Wildman–Crippen LogP) is 1.94. The van der Waals surface area contributed by atoms with Crippen molar-refractivity contribution in [1.29, 1.82) is 0 Å². The second-order valence-corrected chi connectivity index (χ2v) is 4.72. The van der Waals surface area contributed by atoms with Gasteiger partial charge in [-0.05, 0) is 32.1 Å². The lowest BCUT2D eigenvalue weighted by molar-refractivity contribution is -0.138. The lowest BCUT2D eigenvalue weighted by atomic mass is 10.1. The first-order valence-corrected chi connectivity index (χ1v) is 6.40. The van der Waals surface area contributed by atoms with E-state index in [1.165, 1.54) is 12.8 Å². The molecule has 1 atom stereocenters. The summed E-state index contributed by atoms with van der Waals surface area (Å²) in [7, 11) is 0. The van der Waals surface area contributed by atoms with Crippen LogP contribution in [-0.4, -0.2) is 24.7 Å². The molecule has 1 heterocycles. The second kappa shape index (κ2) is 6.21. The number of amides is 1. The van der Waals surface area contributed by atoms with Gasteiger partial charge in [0.2, 0.25) is 5.91 Å². The Bertz CT molecular complexity index is 198. The van der Waals surface area contributed by atoms with Gasteiger partial charge in [-0.2, -0.15) is 0 Å². The molecular weight excluding hydrogens is 206 g/mol. The average Bonchev–Trinajstić information content (AvgIpc) is 2.96. The van der Waals surface area contributed by atoms with E-state index in [1.807, 2.05) is 0 Å². The zero-order valence-electron chi connectivity index (χ0n) is 9.74. The van der Waals surface area contributed by atoms with E-state index in [9.17, 15) is 4.79 Å². The number of ether oxygens (including phenoxy) is 1. The van der Waals surface area contributed by atoms with Crippen LogP contribution in [0.3, 0.4) is 0 Å². The standard InChI is InChI=1S/C12H21NO3/c14-12(8-7-10-6-3-9-15-10)13-16-11-4-1-2-5-11/h10-11H,1-9H2,(H,13,14). The van der Waals surface area contributed by atoms with Crippen LogP contribution >= 0.6 is 0 Å². The third kappa shape index (κ3) is 3.76. The van der Waals surface area contributed by atoms with Crippen molar-refractivity contribution < 1.29 is 14.4 Å². The maximum atomic E-state index is 11.5. The zero-order chi connectivity index (χ0) is 11.2. The summed E-state index contributed by atoms with van der Waals surface area (Å²) in [4.78, 5) is 16.8. The summed E-state index contributed by atoms with van der Waals surface area (Å²) in [5.74, 6) is -0.0117. The monoisotopic (exact) mass is 227 g/mol. The molecule has 2 aliphatic rings. The van der Waals surface area contributed by atoms with E-state index in [1.54, 1.807) is 0 Å². The van der Waals surface area contributed by atoms with Crippen LogP contribution in [0.25, 0.3) is 0 Å². The Morgan fingerprint density at radius 3 is 2.75 bits per heavy atom. The summed E-state index contributed by atoms with van der Waals surface area (Å²) in [6.45, 7) is 0.852. The van der Waals surface area contributed by atoms with E-state index in [4.69, 9.17) is 9.57 Å². The Morgan fingerprint density at radius 1 is 1.25 bits per heavy atom. The summed E-state index contributed by atoms with van der Waals surface area (Å²) in [6, 6.07) is 0. The first-order chi connectivity index (χ1) is 7.84. The molecule has 0 spiro atoms. The smallest absolute Gasteiger partial charge is 0.243 e. The largest absolute Gasteiger partial charge is 0.378 e. The van der Waals surface area contributed by atoms with Gasteiger partial charge in [0.1, 0.15) is 0 Å². The first kappa shape index (κ1) is 11.9. The average molecular weight is 227 g/mol. The lowest BCUT2D eigenvalue weighted by Gasteiger charge is -2.12. The van der Waals surface area contributed by atoms with Gasteiger partial charge in [-0.1, -0.05) is 12.8 Å². The molecule has 1 aliphatic heterocycles. The molecule has 0 radical (unpaired) electrons. The van der Waals surface area contributed by atoms with E-state index in [0.717, 1.165) is 38.7 Å². The molecular formula is C12H21NO3. The van der Waals surface area contributed by atoms with Gasteiger partial charge in [-0.15, -0.1) is 0 Å². The molecule has 92 valence electrons. The van der Waals surface area contributed by atoms with E-state index in [2.05, 4.69) is 5.48 Å². The minimum atomic E-state index is -0.0117. The number of hydroxylamine groups is 1. The molecule has 16 heavy (non-hydrogen) atoms. The van der Waals surface area contributed by atoms with E-state index < -0.39 is 0 Å². The lowest BCUT2D eigenvalue weighted by Crippen LogP contribution is -2.28. The first-order valence-electron chi connectivity index (χ1n) is 6.40. The fraction of sp³-hybridized carbons (Fsp3) is 0.917. The summed E-state index contributed by atoms with van der Waals surface area (Å²) in [6.07, 6.45) is 8.67. The van der Waals surface area contributed by atoms with Gasteiger partial charge in [0.15, 0.2) is 0 Å². The van der Waals surface area contributed by atoms with Crippen molar-refractivity contribution >= 4 is 5.91 Å². The van der Waals surface area contributed by atoms with Crippen molar-refractivity contribution in [2.24, 2.45) is 0 Å². The molecule has 0 aromatic heterocycles. The fourth-order valence-corrected chi connectivity index (χ4v) is 2.37. The topological polar surface area (TPSA) is 47.6 Å². The van der Waals surface area contributed by atoms with Crippen molar-refractivity contribution in [3.8, 4) is 0 Å².